The number of benzene rings is 1. The highest BCUT2D eigenvalue weighted by Crippen LogP contribution is 2.24. The fourth-order valence-corrected chi connectivity index (χ4v) is 3.03. The van der Waals surface area contributed by atoms with Crippen molar-refractivity contribution in [3.05, 3.63) is 46.2 Å². The van der Waals surface area contributed by atoms with Crippen molar-refractivity contribution >= 4 is 28.9 Å². The van der Waals surface area contributed by atoms with Gasteiger partial charge >= 0.3 is 0 Å². The lowest BCUT2D eigenvalue weighted by Crippen LogP contribution is -1.92. The molecule has 0 aliphatic carbocycles. The molecule has 0 unspecified atom stereocenters. The molecule has 0 N–H and O–H groups in total. The summed E-state index contributed by atoms with van der Waals surface area (Å²) in [7, 11) is 0. The van der Waals surface area contributed by atoms with Crippen molar-refractivity contribution in [1.29, 1.82) is 0 Å². The number of hydrogen-bond acceptors (Lipinski definition) is 4. The van der Waals surface area contributed by atoms with E-state index in [0.29, 0.717) is 11.4 Å². The van der Waals surface area contributed by atoms with E-state index in [4.69, 9.17) is 0 Å². The van der Waals surface area contributed by atoms with Gasteiger partial charge in [-0.2, -0.15) is 0 Å². The summed E-state index contributed by atoms with van der Waals surface area (Å²) in [6, 6.07) is 6.44. The summed E-state index contributed by atoms with van der Waals surface area (Å²) in [4.78, 5) is 16.1. The molecule has 0 saturated carbocycles. The lowest BCUT2D eigenvalue weighted by molar-refractivity contribution is 0.101. The first-order chi connectivity index (χ1) is 8.15. The number of carbonyl (C=O) groups excluding carboxylic acids is 1. The largest absolute Gasteiger partial charge is 0.293 e. The number of Topliss-reactive ketones (excluding diaryl/α,β-unsaturated/α-hetero) is 1. The second kappa shape index (κ2) is 5.42. The Morgan fingerprint density at radius 2 is 2.35 bits per heavy atom. The first kappa shape index (κ1) is 12.3. The van der Waals surface area contributed by atoms with Crippen LogP contribution in [0.4, 0.5) is 4.39 Å². The highest BCUT2D eigenvalue weighted by molar-refractivity contribution is 7.98. The van der Waals surface area contributed by atoms with Gasteiger partial charge in [-0.1, -0.05) is 6.07 Å². The van der Waals surface area contributed by atoms with Gasteiger partial charge in [-0.15, -0.1) is 23.1 Å². The summed E-state index contributed by atoms with van der Waals surface area (Å²) in [6.45, 7) is 1.50. The Morgan fingerprint density at radius 3 is 3.00 bits per heavy atom. The fraction of sp³-hybridized carbons (Fsp3) is 0.167. The van der Waals surface area contributed by atoms with Crippen molar-refractivity contribution in [2.45, 2.75) is 17.6 Å². The van der Waals surface area contributed by atoms with Gasteiger partial charge in [0.25, 0.3) is 0 Å². The molecule has 0 spiro atoms. The molecule has 17 heavy (non-hydrogen) atoms. The van der Waals surface area contributed by atoms with E-state index in [1.54, 1.807) is 11.4 Å². The SMILES string of the molecule is CC(=O)c1csc(CSc2cccc(F)c2)n1. The Kier molecular flexibility index (Phi) is 3.91. The summed E-state index contributed by atoms with van der Waals surface area (Å²) < 4.78 is 12.9. The molecule has 0 aliphatic heterocycles. The van der Waals surface area contributed by atoms with Crippen molar-refractivity contribution in [3.63, 3.8) is 0 Å². The molecular weight excluding hydrogens is 257 g/mol. The first-order valence-electron chi connectivity index (χ1n) is 4.99. The van der Waals surface area contributed by atoms with Gasteiger partial charge < -0.3 is 0 Å². The van der Waals surface area contributed by atoms with Crippen LogP contribution in [0.2, 0.25) is 0 Å². The minimum Gasteiger partial charge on any atom is -0.293 e. The van der Waals surface area contributed by atoms with Crippen molar-refractivity contribution in [3.8, 4) is 0 Å². The maximum atomic E-state index is 12.9. The Morgan fingerprint density at radius 1 is 1.53 bits per heavy atom. The number of thioether (sulfide) groups is 1. The molecule has 0 fully saturated rings. The molecular formula is C12H10FNOS2. The molecule has 1 aromatic heterocycles. The van der Waals surface area contributed by atoms with Crippen LogP contribution in [0.1, 0.15) is 22.4 Å². The summed E-state index contributed by atoms with van der Waals surface area (Å²) in [5.41, 5.74) is 0.504. The molecule has 1 heterocycles. The van der Waals surface area contributed by atoms with Crippen LogP contribution < -0.4 is 0 Å². The Bertz CT molecular complexity index is 539. The smallest absolute Gasteiger partial charge is 0.178 e. The normalized spacial score (nSPS) is 10.5. The fourth-order valence-electron chi connectivity index (χ4n) is 1.24. The third kappa shape index (κ3) is 3.38. The number of halogens is 1. The van der Waals surface area contributed by atoms with E-state index in [1.807, 2.05) is 6.07 Å². The van der Waals surface area contributed by atoms with Crippen LogP contribution in [-0.2, 0) is 5.75 Å². The summed E-state index contributed by atoms with van der Waals surface area (Å²) >= 11 is 2.96. The molecule has 0 bridgehead atoms. The van der Waals surface area contributed by atoms with Gasteiger partial charge in [0.15, 0.2) is 5.78 Å². The number of nitrogens with zero attached hydrogens (tertiary/aromatic N) is 1. The zero-order chi connectivity index (χ0) is 12.3. The molecule has 5 heteroatoms. The second-order valence-electron chi connectivity index (χ2n) is 3.43. The number of thiazole rings is 1. The van der Waals surface area contributed by atoms with E-state index in [2.05, 4.69) is 4.98 Å². The van der Waals surface area contributed by atoms with Gasteiger partial charge in [0.05, 0.1) is 5.75 Å². The second-order valence-corrected chi connectivity index (χ2v) is 5.42. The molecule has 0 amide bonds. The predicted octanol–water partition coefficient (Wildman–Crippen LogP) is 3.78. The zero-order valence-electron chi connectivity index (χ0n) is 9.14. The highest BCUT2D eigenvalue weighted by atomic mass is 32.2. The van der Waals surface area contributed by atoms with Gasteiger partial charge in [-0.05, 0) is 18.2 Å². The predicted molar refractivity (Wildman–Crippen MR) is 68.1 cm³/mol. The zero-order valence-corrected chi connectivity index (χ0v) is 10.8. The molecule has 2 nitrogen and oxygen atoms in total. The number of hydrogen-bond donors (Lipinski definition) is 0. The monoisotopic (exact) mass is 267 g/mol. The molecule has 0 atom stereocenters. The van der Waals surface area contributed by atoms with Crippen LogP contribution in [0.3, 0.4) is 0 Å². The minimum atomic E-state index is -0.237. The molecule has 0 saturated heterocycles. The van der Waals surface area contributed by atoms with E-state index in [1.165, 1.54) is 42.2 Å². The lowest BCUT2D eigenvalue weighted by atomic mass is 10.3. The standard InChI is InChI=1S/C12H10FNOS2/c1-8(15)11-6-17-12(14-11)7-16-10-4-2-3-9(13)5-10/h2-6H,7H2,1H3. The molecule has 2 aromatic rings. The first-order valence-corrected chi connectivity index (χ1v) is 6.85. The van der Waals surface area contributed by atoms with Crippen LogP contribution >= 0.6 is 23.1 Å². The summed E-state index contributed by atoms with van der Waals surface area (Å²) in [5, 5.41) is 2.63. The average Bonchev–Trinajstić information content (AvgIpc) is 2.75. The van der Waals surface area contributed by atoms with Crippen LogP contribution in [0.15, 0.2) is 34.5 Å². The Labute approximate surface area is 107 Å². The minimum absolute atomic E-state index is 0.0248. The number of rotatable bonds is 4. The van der Waals surface area contributed by atoms with Gasteiger partial charge in [0.2, 0.25) is 0 Å². The molecule has 0 radical (unpaired) electrons. The van der Waals surface area contributed by atoms with Gasteiger partial charge in [-0.25, -0.2) is 9.37 Å². The van der Waals surface area contributed by atoms with Crippen LogP contribution in [0.5, 0.6) is 0 Å². The highest BCUT2D eigenvalue weighted by Gasteiger charge is 2.06. The van der Waals surface area contributed by atoms with Crippen molar-refractivity contribution in [1.82, 2.24) is 4.98 Å². The van der Waals surface area contributed by atoms with Crippen LogP contribution in [0.25, 0.3) is 0 Å². The van der Waals surface area contributed by atoms with Gasteiger partial charge in [0.1, 0.15) is 16.5 Å². The number of ketones is 1. The van der Waals surface area contributed by atoms with Crippen molar-refractivity contribution in [2.24, 2.45) is 0 Å². The summed E-state index contributed by atoms with van der Waals surface area (Å²) in [6.07, 6.45) is 0. The number of aromatic nitrogens is 1. The van der Waals surface area contributed by atoms with Crippen LogP contribution in [0, 0.1) is 5.82 Å². The van der Waals surface area contributed by atoms with Crippen LogP contribution in [-0.4, -0.2) is 10.8 Å². The van der Waals surface area contributed by atoms with Crippen molar-refractivity contribution < 1.29 is 9.18 Å². The van der Waals surface area contributed by atoms with E-state index >= 15 is 0 Å². The molecule has 2 rings (SSSR count). The van der Waals surface area contributed by atoms with Gasteiger partial charge in [-0.3, -0.25) is 4.79 Å². The third-order valence-electron chi connectivity index (χ3n) is 2.07. The number of carbonyl (C=O) groups is 1. The maximum Gasteiger partial charge on any atom is 0.178 e. The van der Waals surface area contributed by atoms with E-state index in [9.17, 15) is 9.18 Å². The Hall–Kier alpha value is -1.20. The molecule has 1 aromatic carbocycles. The van der Waals surface area contributed by atoms with Gasteiger partial charge in [0, 0.05) is 17.2 Å². The van der Waals surface area contributed by atoms with E-state index in [0.717, 1.165) is 9.90 Å². The topological polar surface area (TPSA) is 30.0 Å². The maximum absolute atomic E-state index is 12.9. The third-order valence-corrected chi connectivity index (χ3v) is 4.11. The van der Waals surface area contributed by atoms with Crippen molar-refractivity contribution in [2.75, 3.05) is 0 Å². The molecule has 0 aliphatic rings. The Balaban J connectivity index is 2.00. The lowest BCUT2D eigenvalue weighted by Gasteiger charge is -1.98. The van der Waals surface area contributed by atoms with E-state index in [-0.39, 0.29) is 11.6 Å². The summed E-state index contributed by atoms with van der Waals surface area (Å²) in [5.74, 6) is 0.392. The van der Waals surface area contributed by atoms with E-state index < -0.39 is 0 Å². The quantitative estimate of drug-likeness (QED) is 0.624. The average molecular weight is 267 g/mol. The molecule has 88 valence electrons.